The number of nitrogens with zero attached hydrogens (tertiary/aromatic N) is 1. The van der Waals surface area contributed by atoms with E-state index in [0.29, 0.717) is 0 Å². The zero-order valence-electron chi connectivity index (χ0n) is 13.9. The molecule has 0 radical (unpaired) electrons. The second-order valence-electron chi connectivity index (χ2n) is 5.98. The molecule has 3 heteroatoms. The van der Waals surface area contributed by atoms with E-state index in [1.807, 2.05) is 42.4 Å². The first-order valence-corrected chi connectivity index (χ1v) is 8.18. The molecule has 0 saturated carbocycles. The molecule has 25 heavy (non-hydrogen) atoms. The molecule has 3 nitrogen and oxygen atoms in total. The summed E-state index contributed by atoms with van der Waals surface area (Å²) in [5, 5.41) is 9.40. The van der Waals surface area contributed by atoms with Gasteiger partial charge in [-0.2, -0.15) is 0 Å². The van der Waals surface area contributed by atoms with Crippen molar-refractivity contribution >= 4 is 33.8 Å². The van der Waals surface area contributed by atoms with Gasteiger partial charge in [0.2, 0.25) is 0 Å². The fourth-order valence-corrected chi connectivity index (χ4v) is 3.07. The molecule has 1 N–H and O–H groups in total. The standard InChI is InChI=1S/C22H18N2O/c1-24(13-5-12-23)18-7-4-6-16(14-18)17-10-11-20-19-8-2-3-9-21(19)25-22(20)15-17/h2-15,23H,1H3/b13-5-,23-12?. The normalized spacial score (nSPS) is 11.4. The minimum Gasteiger partial charge on any atom is -0.456 e. The average Bonchev–Trinajstić information content (AvgIpc) is 3.04. The molecular formula is C22H18N2O. The van der Waals surface area contributed by atoms with E-state index in [1.54, 1.807) is 6.08 Å². The number of benzene rings is 3. The van der Waals surface area contributed by atoms with Gasteiger partial charge < -0.3 is 14.7 Å². The Balaban J connectivity index is 1.78. The summed E-state index contributed by atoms with van der Waals surface area (Å²) in [6.45, 7) is 0. The van der Waals surface area contributed by atoms with Crippen molar-refractivity contribution in [2.24, 2.45) is 0 Å². The van der Waals surface area contributed by atoms with Crippen LogP contribution >= 0.6 is 0 Å². The zero-order chi connectivity index (χ0) is 17.2. The van der Waals surface area contributed by atoms with Gasteiger partial charge in [0.15, 0.2) is 0 Å². The van der Waals surface area contributed by atoms with Crippen molar-refractivity contribution in [3.8, 4) is 11.1 Å². The predicted molar refractivity (Wildman–Crippen MR) is 105 cm³/mol. The van der Waals surface area contributed by atoms with E-state index in [4.69, 9.17) is 9.83 Å². The van der Waals surface area contributed by atoms with Gasteiger partial charge in [-0.25, -0.2) is 0 Å². The summed E-state index contributed by atoms with van der Waals surface area (Å²) in [7, 11) is 1.97. The maximum Gasteiger partial charge on any atom is 0.136 e. The molecule has 3 aromatic carbocycles. The smallest absolute Gasteiger partial charge is 0.136 e. The monoisotopic (exact) mass is 326 g/mol. The molecule has 0 bridgehead atoms. The van der Waals surface area contributed by atoms with E-state index < -0.39 is 0 Å². The molecule has 4 rings (SSSR count). The Labute approximate surface area is 146 Å². The van der Waals surface area contributed by atoms with Gasteiger partial charge in [-0.15, -0.1) is 0 Å². The first kappa shape index (κ1) is 15.2. The Hall–Kier alpha value is -3.33. The maximum absolute atomic E-state index is 7.11. The minimum atomic E-state index is 0.904. The van der Waals surface area contributed by atoms with Gasteiger partial charge in [-0.05, 0) is 47.5 Å². The Bertz CT molecular complexity index is 1090. The molecule has 1 heterocycles. The van der Waals surface area contributed by atoms with Crippen molar-refractivity contribution in [3.63, 3.8) is 0 Å². The number of para-hydroxylation sites is 1. The molecule has 0 aliphatic rings. The van der Waals surface area contributed by atoms with Crippen LogP contribution in [0, 0.1) is 5.41 Å². The fourth-order valence-electron chi connectivity index (χ4n) is 3.07. The largest absolute Gasteiger partial charge is 0.456 e. The number of fused-ring (bicyclic) bond motifs is 3. The average molecular weight is 326 g/mol. The number of hydrogen-bond acceptors (Lipinski definition) is 3. The Morgan fingerprint density at radius 1 is 0.840 bits per heavy atom. The number of hydrogen-bond donors (Lipinski definition) is 1. The van der Waals surface area contributed by atoms with Crippen LogP contribution in [0.2, 0.25) is 0 Å². The summed E-state index contributed by atoms with van der Waals surface area (Å²) in [4.78, 5) is 1.99. The van der Waals surface area contributed by atoms with Gasteiger partial charge in [0, 0.05) is 35.9 Å². The van der Waals surface area contributed by atoms with Crippen molar-refractivity contribution in [1.82, 2.24) is 0 Å². The van der Waals surface area contributed by atoms with Gasteiger partial charge in [0.25, 0.3) is 0 Å². The van der Waals surface area contributed by atoms with Gasteiger partial charge in [0.1, 0.15) is 11.2 Å². The lowest BCUT2D eigenvalue weighted by Crippen LogP contribution is -2.07. The van der Waals surface area contributed by atoms with Gasteiger partial charge in [-0.3, -0.25) is 0 Å². The molecule has 0 amide bonds. The second-order valence-corrected chi connectivity index (χ2v) is 5.98. The van der Waals surface area contributed by atoms with Crippen LogP contribution in [0.25, 0.3) is 33.1 Å². The van der Waals surface area contributed by atoms with Crippen LogP contribution < -0.4 is 4.90 Å². The van der Waals surface area contributed by atoms with Crippen LogP contribution in [0.4, 0.5) is 5.69 Å². The van der Waals surface area contributed by atoms with Crippen LogP contribution in [0.5, 0.6) is 0 Å². The molecule has 0 aliphatic carbocycles. The topological polar surface area (TPSA) is 40.2 Å². The van der Waals surface area contributed by atoms with Crippen molar-refractivity contribution < 1.29 is 4.42 Å². The second kappa shape index (κ2) is 6.29. The Morgan fingerprint density at radius 2 is 1.64 bits per heavy atom. The number of nitrogens with one attached hydrogen (secondary N) is 1. The molecule has 0 saturated heterocycles. The minimum absolute atomic E-state index is 0.904. The maximum atomic E-state index is 7.11. The van der Waals surface area contributed by atoms with E-state index in [9.17, 15) is 0 Å². The highest BCUT2D eigenvalue weighted by molar-refractivity contribution is 6.05. The number of rotatable bonds is 4. The summed E-state index contributed by atoms with van der Waals surface area (Å²) in [6.07, 6.45) is 4.84. The lowest BCUT2D eigenvalue weighted by Gasteiger charge is -2.15. The molecule has 0 fully saturated rings. The van der Waals surface area contributed by atoms with Crippen molar-refractivity contribution in [3.05, 3.63) is 79.0 Å². The summed E-state index contributed by atoms with van der Waals surface area (Å²) in [5.41, 5.74) is 5.15. The lowest BCUT2D eigenvalue weighted by atomic mass is 10.0. The summed E-state index contributed by atoms with van der Waals surface area (Å²) < 4.78 is 6.00. The highest BCUT2D eigenvalue weighted by Gasteiger charge is 2.08. The highest BCUT2D eigenvalue weighted by Crippen LogP contribution is 2.32. The van der Waals surface area contributed by atoms with E-state index in [0.717, 1.165) is 38.8 Å². The van der Waals surface area contributed by atoms with Crippen molar-refractivity contribution in [1.29, 1.82) is 5.41 Å². The summed E-state index contributed by atoms with van der Waals surface area (Å²) in [6, 6.07) is 22.8. The number of furan rings is 1. The number of anilines is 1. The quantitative estimate of drug-likeness (QED) is 0.478. The third-order valence-electron chi connectivity index (χ3n) is 4.37. The Kier molecular flexibility index (Phi) is 3.82. The van der Waals surface area contributed by atoms with E-state index in [-0.39, 0.29) is 0 Å². The first-order chi connectivity index (χ1) is 12.3. The van der Waals surface area contributed by atoms with Crippen LogP contribution in [0.15, 0.2) is 83.4 Å². The van der Waals surface area contributed by atoms with Crippen LogP contribution in [-0.2, 0) is 0 Å². The SMILES string of the molecule is CN(/C=C\C=N)c1cccc(-c2ccc3c(c2)oc2ccccc23)c1. The molecule has 0 unspecified atom stereocenters. The van der Waals surface area contributed by atoms with Crippen molar-refractivity contribution in [2.75, 3.05) is 11.9 Å². The third kappa shape index (κ3) is 2.81. The van der Waals surface area contributed by atoms with E-state index in [1.165, 1.54) is 6.21 Å². The molecular weight excluding hydrogens is 308 g/mol. The molecule has 4 aromatic rings. The van der Waals surface area contributed by atoms with Crippen LogP contribution in [-0.4, -0.2) is 13.3 Å². The van der Waals surface area contributed by atoms with E-state index in [2.05, 4.69) is 42.5 Å². The lowest BCUT2D eigenvalue weighted by molar-refractivity contribution is 0.669. The summed E-state index contributed by atoms with van der Waals surface area (Å²) in [5.74, 6) is 0. The number of allylic oxidation sites excluding steroid dienone is 1. The molecule has 0 spiro atoms. The van der Waals surface area contributed by atoms with Crippen molar-refractivity contribution in [2.45, 2.75) is 0 Å². The zero-order valence-corrected chi connectivity index (χ0v) is 13.9. The van der Waals surface area contributed by atoms with Crippen LogP contribution in [0.3, 0.4) is 0 Å². The van der Waals surface area contributed by atoms with Gasteiger partial charge in [0.05, 0.1) is 0 Å². The third-order valence-corrected chi connectivity index (χ3v) is 4.37. The Morgan fingerprint density at radius 3 is 2.52 bits per heavy atom. The molecule has 0 atom stereocenters. The predicted octanol–water partition coefficient (Wildman–Crippen LogP) is 5.85. The molecule has 1 aromatic heterocycles. The van der Waals surface area contributed by atoms with Crippen LogP contribution in [0.1, 0.15) is 0 Å². The molecule has 122 valence electrons. The first-order valence-electron chi connectivity index (χ1n) is 8.18. The molecule has 0 aliphatic heterocycles. The van der Waals surface area contributed by atoms with Gasteiger partial charge in [-0.1, -0.05) is 36.4 Å². The van der Waals surface area contributed by atoms with E-state index >= 15 is 0 Å². The fraction of sp³-hybridized carbons (Fsp3) is 0.0455. The highest BCUT2D eigenvalue weighted by atomic mass is 16.3. The van der Waals surface area contributed by atoms with Gasteiger partial charge >= 0.3 is 0 Å². The summed E-state index contributed by atoms with van der Waals surface area (Å²) >= 11 is 0.